The molecular weight excluding hydrogens is 635 g/mol. The van der Waals surface area contributed by atoms with E-state index in [1.54, 1.807) is 18.2 Å². The van der Waals surface area contributed by atoms with E-state index in [2.05, 4.69) is 68.6 Å². The van der Waals surface area contributed by atoms with Gasteiger partial charge in [0.05, 0.1) is 16.3 Å². The normalized spacial score (nSPS) is 10.6. The third kappa shape index (κ3) is 5.37. The number of hydrogen-bond acceptors (Lipinski definition) is 5. The highest BCUT2D eigenvalue weighted by molar-refractivity contribution is 9.11. The first-order valence-corrected chi connectivity index (χ1v) is 11.6. The second-order valence-electron chi connectivity index (χ2n) is 6.37. The minimum atomic E-state index is -0.566. The molecule has 0 aliphatic carbocycles. The quantitative estimate of drug-likeness (QED) is 0.403. The Balaban J connectivity index is 2.02. The van der Waals surface area contributed by atoms with E-state index in [9.17, 15) is 14.4 Å². The number of amides is 3. The van der Waals surface area contributed by atoms with E-state index in [0.29, 0.717) is 18.6 Å². The van der Waals surface area contributed by atoms with Crippen molar-refractivity contribution in [2.24, 2.45) is 0 Å². The molecular formula is C19H14Br3ClN6O3. The molecule has 2 aromatic heterocycles. The summed E-state index contributed by atoms with van der Waals surface area (Å²) in [4.78, 5) is 41.7. The topological polar surface area (TPSA) is 109 Å². The van der Waals surface area contributed by atoms with Crippen molar-refractivity contribution in [3.63, 3.8) is 0 Å². The van der Waals surface area contributed by atoms with Crippen LogP contribution in [0.25, 0.3) is 5.82 Å². The molecule has 0 saturated heterocycles. The van der Waals surface area contributed by atoms with Gasteiger partial charge in [-0.1, -0.05) is 27.5 Å². The second kappa shape index (κ2) is 10.1. The fraction of sp³-hybridized carbons (Fsp3) is 0.105. The molecule has 0 saturated carbocycles. The summed E-state index contributed by atoms with van der Waals surface area (Å²) >= 11 is 16.2. The molecule has 0 spiro atoms. The van der Waals surface area contributed by atoms with Gasteiger partial charge >= 0.3 is 0 Å². The summed E-state index contributed by atoms with van der Waals surface area (Å²) in [6, 6.07) is 7.99. The third-order valence-electron chi connectivity index (χ3n) is 4.01. The van der Waals surface area contributed by atoms with Gasteiger partial charge in [-0.25, -0.2) is 9.67 Å². The lowest BCUT2D eigenvalue weighted by molar-refractivity contribution is -0.122. The highest BCUT2D eigenvalue weighted by atomic mass is 79.9. The largest absolute Gasteiger partial charge is 0.319 e. The van der Waals surface area contributed by atoms with Gasteiger partial charge in [-0.2, -0.15) is 5.10 Å². The first-order valence-electron chi connectivity index (χ1n) is 8.80. The van der Waals surface area contributed by atoms with Crippen LogP contribution in [-0.4, -0.2) is 44.5 Å². The number of hydrazine groups is 1. The summed E-state index contributed by atoms with van der Waals surface area (Å²) in [5.74, 6) is -1.26. The number of carbonyl (C=O) groups excluding carboxylic acids is 3. The molecule has 0 aliphatic heterocycles. The first kappa shape index (κ1) is 24.4. The van der Waals surface area contributed by atoms with Crippen LogP contribution < -0.4 is 10.7 Å². The van der Waals surface area contributed by atoms with Crippen molar-refractivity contribution in [3.05, 3.63) is 66.4 Å². The molecule has 0 aliphatic rings. The van der Waals surface area contributed by atoms with Crippen molar-refractivity contribution >= 4 is 82.8 Å². The molecule has 3 rings (SSSR count). The maximum Gasteiger partial charge on any atom is 0.274 e. The molecule has 0 radical (unpaired) electrons. The van der Waals surface area contributed by atoms with E-state index in [1.165, 1.54) is 37.0 Å². The van der Waals surface area contributed by atoms with Crippen LogP contribution in [0.2, 0.25) is 5.02 Å². The molecule has 0 unspecified atom stereocenters. The number of nitrogens with one attached hydrogen (secondary N) is 2. The van der Waals surface area contributed by atoms with Crippen LogP contribution >= 0.6 is 59.4 Å². The number of hydrogen-bond donors (Lipinski definition) is 2. The molecule has 0 atom stereocenters. The van der Waals surface area contributed by atoms with E-state index in [0.717, 1.165) is 5.01 Å². The molecule has 2 N–H and O–H groups in total. The van der Waals surface area contributed by atoms with E-state index in [-0.39, 0.29) is 22.8 Å². The number of aromatic nitrogens is 3. The molecule has 3 amide bonds. The van der Waals surface area contributed by atoms with Gasteiger partial charge in [0.2, 0.25) is 5.91 Å². The zero-order valence-corrected chi connectivity index (χ0v) is 22.0. The predicted molar refractivity (Wildman–Crippen MR) is 130 cm³/mol. The van der Waals surface area contributed by atoms with Gasteiger partial charge in [-0.15, -0.1) is 0 Å². The monoisotopic (exact) mass is 646 g/mol. The molecule has 13 heteroatoms. The minimum Gasteiger partial charge on any atom is -0.319 e. The van der Waals surface area contributed by atoms with Gasteiger partial charge < -0.3 is 5.32 Å². The smallest absolute Gasteiger partial charge is 0.274 e. The average Bonchev–Trinajstić information content (AvgIpc) is 3.10. The number of rotatable bonds is 4. The Morgan fingerprint density at radius 3 is 2.53 bits per heavy atom. The lowest BCUT2D eigenvalue weighted by Gasteiger charge is -2.20. The number of benzene rings is 1. The summed E-state index contributed by atoms with van der Waals surface area (Å²) in [5, 5.41) is 8.31. The summed E-state index contributed by atoms with van der Waals surface area (Å²) in [6.45, 7) is 1.28. The molecule has 2 heterocycles. The van der Waals surface area contributed by atoms with Crippen LogP contribution in [0.5, 0.6) is 0 Å². The van der Waals surface area contributed by atoms with E-state index >= 15 is 0 Å². The molecule has 0 bridgehead atoms. The van der Waals surface area contributed by atoms with Crippen LogP contribution in [0.3, 0.4) is 0 Å². The van der Waals surface area contributed by atoms with E-state index < -0.39 is 17.7 Å². The Labute approximate surface area is 212 Å². The SMILES string of the molecule is CC(=O)NN(C)C(=O)c1cc(Br)cc(Br)c1NC(=O)c1cc(Br)nn1-c1ncccc1Cl. The van der Waals surface area contributed by atoms with E-state index in [4.69, 9.17) is 11.6 Å². The standard InChI is InChI=1S/C19H14Br3ClN6O3/c1-9(30)26-28(2)19(32)11-6-10(20)7-12(21)16(11)25-18(31)14-8-15(22)27-29(14)17-13(23)4-3-5-24-17/h3-8H,1-2H3,(H,25,31)(H,26,30). The van der Waals surface area contributed by atoms with Crippen LogP contribution in [0.15, 0.2) is 50.1 Å². The lowest BCUT2D eigenvalue weighted by atomic mass is 10.1. The van der Waals surface area contributed by atoms with Gasteiger partial charge in [-0.3, -0.25) is 24.8 Å². The Kier molecular flexibility index (Phi) is 7.70. The Hall–Kier alpha value is -2.28. The maximum atomic E-state index is 13.2. The van der Waals surface area contributed by atoms with Crippen molar-refractivity contribution in [1.29, 1.82) is 0 Å². The van der Waals surface area contributed by atoms with Crippen LogP contribution in [0.4, 0.5) is 5.69 Å². The summed E-state index contributed by atoms with van der Waals surface area (Å²) < 4.78 is 2.72. The van der Waals surface area contributed by atoms with Gasteiger partial charge in [0.15, 0.2) is 5.82 Å². The number of carbonyl (C=O) groups is 3. The number of pyridine rings is 1. The molecule has 166 valence electrons. The summed E-state index contributed by atoms with van der Waals surface area (Å²) in [7, 11) is 1.40. The Bertz CT molecular complexity index is 1230. The fourth-order valence-electron chi connectivity index (χ4n) is 2.72. The van der Waals surface area contributed by atoms with Crippen molar-refractivity contribution in [1.82, 2.24) is 25.2 Å². The van der Waals surface area contributed by atoms with Gasteiger partial charge in [0.1, 0.15) is 10.3 Å². The first-order chi connectivity index (χ1) is 15.1. The Morgan fingerprint density at radius 1 is 1.16 bits per heavy atom. The number of halogens is 4. The maximum absolute atomic E-state index is 13.2. The van der Waals surface area contributed by atoms with Crippen LogP contribution in [0.1, 0.15) is 27.8 Å². The molecule has 1 aromatic carbocycles. The molecule has 3 aromatic rings. The van der Waals surface area contributed by atoms with Crippen molar-refractivity contribution in [2.75, 3.05) is 12.4 Å². The Morgan fingerprint density at radius 2 is 1.88 bits per heavy atom. The average molecular weight is 650 g/mol. The van der Waals surface area contributed by atoms with Gasteiger partial charge in [0.25, 0.3) is 11.8 Å². The second-order valence-corrected chi connectivity index (χ2v) is 9.36. The number of anilines is 1. The summed E-state index contributed by atoms with van der Waals surface area (Å²) in [5.41, 5.74) is 2.86. The van der Waals surface area contributed by atoms with Crippen molar-refractivity contribution in [2.45, 2.75) is 6.92 Å². The highest BCUT2D eigenvalue weighted by Gasteiger charge is 2.24. The molecule has 0 fully saturated rings. The summed E-state index contributed by atoms with van der Waals surface area (Å²) in [6.07, 6.45) is 1.53. The molecule has 32 heavy (non-hydrogen) atoms. The van der Waals surface area contributed by atoms with Crippen molar-refractivity contribution in [3.8, 4) is 5.82 Å². The predicted octanol–water partition coefficient (Wildman–Crippen LogP) is 4.58. The third-order valence-corrected chi connectivity index (χ3v) is 5.77. The van der Waals surface area contributed by atoms with Gasteiger partial charge in [-0.05, 0) is 56.1 Å². The zero-order chi connectivity index (χ0) is 23.6. The fourth-order valence-corrected chi connectivity index (χ4v) is 4.62. The molecule has 9 nitrogen and oxygen atoms in total. The number of nitrogens with zero attached hydrogens (tertiary/aromatic N) is 4. The highest BCUT2D eigenvalue weighted by Crippen LogP contribution is 2.32. The van der Waals surface area contributed by atoms with Crippen molar-refractivity contribution < 1.29 is 14.4 Å². The minimum absolute atomic E-state index is 0.126. The van der Waals surface area contributed by atoms with Crippen LogP contribution in [0, 0.1) is 0 Å². The van der Waals surface area contributed by atoms with Crippen LogP contribution in [-0.2, 0) is 4.79 Å². The van der Waals surface area contributed by atoms with E-state index in [1.807, 2.05) is 0 Å². The van der Waals surface area contributed by atoms with Gasteiger partial charge in [0, 0.05) is 35.2 Å². The lowest BCUT2D eigenvalue weighted by Crippen LogP contribution is -2.42. The zero-order valence-electron chi connectivity index (χ0n) is 16.5.